The molecule has 41 heavy (non-hydrogen) atoms. The van der Waals surface area contributed by atoms with Gasteiger partial charge < -0.3 is 14.2 Å². The number of allylic oxidation sites excluding steroid dienone is 3. The number of fused-ring (bicyclic) bond motifs is 1. The summed E-state index contributed by atoms with van der Waals surface area (Å²) in [6.45, 7) is 15.2. The zero-order valence-electron chi connectivity index (χ0n) is 26.1. The first-order chi connectivity index (χ1) is 19.4. The molecule has 1 saturated heterocycles. The van der Waals surface area contributed by atoms with Crippen LogP contribution in [0.15, 0.2) is 34.4 Å². The van der Waals surface area contributed by atoms with E-state index in [0.717, 1.165) is 31.6 Å². The Morgan fingerprint density at radius 1 is 1.12 bits per heavy atom. The topological polar surface area (TPSA) is 78.9 Å². The summed E-state index contributed by atoms with van der Waals surface area (Å²) in [4.78, 5) is 39.9. The van der Waals surface area contributed by atoms with Gasteiger partial charge in [0.1, 0.15) is 12.2 Å². The van der Waals surface area contributed by atoms with Crippen molar-refractivity contribution >= 4 is 17.9 Å². The van der Waals surface area contributed by atoms with Gasteiger partial charge in [0.05, 0.1) is 23.2 Å². The molecule has 8 atom stereocenters. The van der Waals surface area contributed by atoms with Crippen molar-refractivity contribution in [1.82, 2.24) is 0 Å². The fourth-order valence-corrected chi connectivity index (χ4v) is 10.9. The molecule has 6 heteroatoms. The van der Waals surface area contributed by atoms with Crippen LogP contribution in [0.3, 0.4) is 0 Å². The van der Waals surface area contributed by atoms with Gasteiger partial charge in [-0.2, -0.15) is 0 Å². The summed E-state index contributed by atoms with van der Waals surface area (Å²) in [5, 5.41) is 0. The Morgan fingerprint density at radius 3 is 2.56 bits per heavy atom. The van der Waals surface area contributed by atoms with E-state index >= 15 is 0 Å². The maximum atomic E-state index is 14.0. The molecule has 2 bridgehead atoms. The molecule has 0 aromatic carbocycles. The third-order valence-corrected chi connectivity index (χ3v) is 12.4. The van der Waals surface area contributed by atoms with Crippen LogP contribution in [0.2, 0.25) is 0 Å². The third kappa shape index (κ3) is 3.57. The van der Waals surface area contributed by atoms with Gasteiger partial charge in [-0.25, -0.2) is 9.59 Å². The summed E-state index contributed by atoms with van der Waals surface area (Å²) in [6, 6.07) is 0. The molecule has 0 aromatic rings. The molecule has 1 aliphatic heterocycles. The van der Waals surface area contributed by atoms with Gasteiger partial charge in [-0.15, -0.1) is 0 Å². The highest BCUT2D eigenvalue weighted by Crippen LogP contribution is 2.82. The van der Waals surface area contributed by atoms with Crippen molar-refractivity contribution in [2.24, 2.45) is 39.4 Å². The van der Waals surface area contributed by atoms with E-state index in [4.69, 9.17) is 14.2 Å². The van der Waals surface area contributed by atoms with Crippen molar-refractivity contribution in [3.8, 4) is 0 Å². The number of ether oxygens (including phenoxy) is 3. The molecule has 6 nitrogen and oxygen atoms in total. The quantitative estimate of drug-likeness (QED) is 0.233. The number of rotatable bonds is 8. The van der Waals surface area contributed by atoms with Crippen LogP contribution in [0.4, 0.5) is 0 Å². The van der Waals surface area contributed by atoms with Gasteiger partial charge in [0, 0.05) is 12.3 Å². The van der Waals surface area contributed by atoms with Crippen molar-refractivity contribution in [2.45, 2.75) is 118 Å². The fraction of sp³-hybridized carbons (Fsp3) is 0.743. The van der Waals surface area contributed by atoms with Gasteiger partial charge in [0.2, 0.25) is 0 Å². The molecule has 6 rings (SSSR count). The van der Waals surface area contributed by atoms with E-state index < -0.39 is 22.2 Å². The summed E-state index contributed by atoms with van der Waals surface area (Å²) in [6.07, 6.45) is 12.4. The predicted molar refractivity (Wildman–Crippen MR) is 155 cm³/mol. The molecule has 6 aliphatic rings. The van der Waals surface area contributed by atoms with E-state index in [1.54, 1.807) is 6.92 Å². The van der Waals surface area contributed by atoms with Crippen molar-refractivity contribution < 1.29 is 28.6 Å². The Hall–Kier alpha value is -2.37. The molecule has 0 N–H and O–H groups in total. The maximum Gasteiger partial charge on any atom is 0.335 e. The van der Waals surface area contributed by atoms with Crippen LogP contribution in [0.5, 0.6) is 0 Å². The van der Waals surface area contributed by atoms with E-state index in [1.165, 1.54) is 37.3 Å². The summed E-state index contributed by atoms with van der Waals surface area (Å²) in [7, 11) is 0. The van der Waals surface area contributed by atoms with Crippen LogP contribution < -0.4 is 0 Å². The number of carbonyl (C=O) groups is 3. The van der Waals surface area contributed by atoms with Gasteiger partial charge in [0.15, 0.2) is 0 Å². The van der Waals surface area contributed by atoms with E-state index in [1.807, 2.05) is 0 Å². The highest BCUT2D eigenvalue weighted by Gasteiger charge is 2.81. The summed E-state index contributed by atoms with van der Waals surface area (Å²) < 4.78 is 17.8. The van der Waals surface area contributed by atoms with Gasteiger partial charge >= 0.3 is 17.9 Å². The Balaban J connectivity index is 1.52. The average Bonchev–Trinajstić information content (AvgIpc) is 3.39. The SMILES string of the molecule is CCOC(=O)C1=C2C(=O)O[C@@H]3C[C@@]4(C)C(=C5C=C[C@]16C[C@@H](OC(C)=O)CC[C@]6(C)[C@@]523)CC[C@@H]4[C@H](C)CCCC(C)C. The molecular formula is C35H48O6. The third-order valence-electron chi connectivity index (χ3n) is 12.4. The number of esters is 3. The van der Waals surface area contributed by atoms with E-state index in [-0.39, 0.29) is 36.2 Å². The highest BCUT2D eigenvalue weighted by atomic mass is 16.6. The molecule has 0 aromatic heterocycles. The molecule has 3 fully saturated rings. The molecule has 2 saturated carbocycles. The second-order valence-electron chi connectivity index (χ2n) is 14.7. The Kier molecular flexibility index (Phi) is 6.71. The van der Waals surface area contributed by atoms with Gasteiger partial charge in [0.25, 0.3) is 0 Å². The predicted octanol–water partition coefficient (Wildman–Crippen LogP) is 7.03. The second kappa shape index (κ2) is 9.57. The second-order valence-corrected chi connectivity index (χ2v) is 14.7. The first-order valence-electron chi connectivity index (χ1n) is 16.1. The zero-order chi connectivity index (χ0) is 29.5. The summed E-state index contributed by atoms with van der Waals surface area (Å²) in [5.74, 6) is 0.752. The minimum Gasteiger partial charge on any atom is -0.463 e. The highest BCUT2D eigenvalue weighted by molar-refractivity contribution is 6.08. The van der Waals surface area contributed by atoms with Crippen LogP contribution in [0.25, 0.3) is 0 Å². The first kappa shape index (κ1) is 28.7. The lowest BCUT2D eigenvalue weighted by Crippen LogP contribution is -2.60. The van der Waals surface area contributed by atoms with E-state index in [9.17, 15) is 14.4 Å². The van der Waals surface area contributed by atoms with Crippen molar-refractivity contribution in [3.63, 3.8) is 0 Å². The normalized spacial score (nSPS) is 40.8. The smallest absolute Gasteiger partial charge is 0.335 e. The number of hydrogen-bond acceptors (Lipinski definition) is 6. The Morgan fingerprint density at radius 2 is 1.88 bits per heavy atom. The van der Waals surface area contributed by atoms with Crippen molar-refractivity contribution in [2.75, 3.05) is 6.61 Å². The molecule has 0 amide bonds. The fourth-order valence-electron chi connectivity index (χ4n) is 10.9. The van der Waals surface area contributed by atoms with Crippen LogP contribution in [-0.4, -0.2) is 36.7 Å². The number of carbonyl (C=O) groups excluding carboxylic acids is 3. The molecule has 1 heterocycles. The van der Waals surface area contributed by atoms with Crippen LogP contribution in [0.1, 0.15) is 106 Å². The lowest BCUT2D eigenvalue weighted by Gasteiger charge is -2.62. The molecule has 5 aliphatic carbocycles. The van der Waals surface area contributed by atoms with Crippen molar-refractivity contribution in [1.29, 1.82) is 0 Å². The minimum atomic E-state index is -0.745. The molecule has 1 spiro atoms. The summed E-state index contributed by atoms with van der Waals surface area (Å²) >= 11 is 0. The Bertz CT molecular complexity index is 1270. The van der Waals surface area contributed by atoms with Gasteiger partial charge in [-0.3, -0.25) is 4.79 Å². The average molecular weight is 565 g/mol. The van der Waals surface area contributed by atoms with Crippen LogP contribution >= 0.6 is 0 Å². The first-order valence-corrected chi connectivity index (χ1v) is 16.1. The molecule has 0 unspecified atom stereocenters. The molecular weight excluding hydrogens is 516 g/mol. The lowest BCUT2D eigenvalue weighted by atomic mass is 9.40. The largest absolute Gasteiger partial charge is 0.463 e. The standard InChI is InChI=1S/C35H48O6/c1-8-39-30(37)28-29-31(38)41-27-19-32(6)24(21(4)11-9-10-20(2)3)12-13-25(32)26-15-17-34(28)18-23(40-22(5)36)14-16-33(34,7)35(26,27)29/h15,17,20-21,23-24,27H,8-14,16,18-19H2,1-7H3/t21-,23+,24-,27-,32-,33+,34+,35-/m1/s1. The molecule has 224 valence electrons. The minimum absolute atomic E-state index is 0.0411. The lowest BCUT2D eigenvalue weighted by molar-refractivity contribution is -0.162. The zero-order valence-corrected chi connectivity index (χ0v) is 26.1. The van der Waals surface area contributed by atoms with E-state index in [2.05, 4.69) is 46.8 Å². The number of hydrogen-bond donors (Lipinski definition) is 0. The monoisotopic (exact) mass is 564 g/mol. The Labute approximate surface area is 245 Å². The summed E-state index contributed by atoms with van der Waals surface area (Å²) in [5.41, 5.74) is 1.79. The van der Waals surface area contributed by atoms with Gasteiger partial charge in [-0.1, -0.05) is 71.6 Å². The van der Waals surface area contributed by atoms with Gasteiger partial charge in [-0.05, 0) is 79.6 Å². The van der Waals surface area contributed by atoms with Crippen LogP contribution in [0, 0.1) is 39.4 Å². The molecule has 0 radical (unpaired) electrons. The van der Waals surface area contributed by atoms with Crippen molar-refractivity contribution in [3.05, 3.63) is 34.4 Å². The van der Waals surface area contributed by atoms with E-state index in [0.29, 0.717) is 35.8 Å². The maximum absolute atomic E-state index is 14.0. The van der Waals surface area contributed by atoms with Crippen LogP contribution in [-0.2, 0) is 28.6 Å².